The van der Waals surface area contributed by atoms with Gasteiger partial charge in [-0.25, -0.2) is 9.78 Å². The second-order valence-electron chi connectivity index (χ2n) is 5.47. The van der Waals surface area contributed by atoms with Gasteiger partial charge >= 0.3 is 6.03 Å². The number of halogens is 1. The van der Waals surface area contributed by atoms with Gasteiger partial charge in [0.1, 0.15) is 0 Å². The smallest absolute Gasteiger partial charge is 0.325 e. The molecule has 0 bridgehead atoms. The molecule has 25 heavy (non-hydrogen) atoms. The Morgan fingerprint density at radius 2 is 2.08 bits per heavy atom. The van der Waals surface area contributed by atoms with Gasteiger partial charge in [0, 0.05) is 22.6 Å². The molecule has 0 saturated heterocycles. The van der Waals surface area contributed by atoms with Crippen LogP contribution in [0, 0.1) is 0 Å². The second-order valence-corrected chi connectivity index (χ2v) is 6.76. The van der Waals surface area contributed by atoms with E-state index in [-0.39, 0.29) is 12.3 Å². The van der Waals surface area contributed by atoms with Crippen molar-refractivity contribution in [3.63, 3.8) is 0 Å². The van der Waals surface area contributed by atoms with E-state index in [2.05, 4.69) is 27.9 Å². The summed E-state index contributed by atoms with van der Waals surface area (Å²) in [7, 11) is 0. The molecule has 1 heterocycles. The highest BCUT2D eigenvalue weighted by Crippen LogP contribution is 2.18. The summed E-state index contributed by atoms with van der Waals surface area (Å²) in [5.41, 5.74) is 1.23. The summed E-state index contributed by atoms with van der Waals surface area (Å²) >= 11 is 7.15. The Morgan fingerprint density at radius 3 is 2.84 bits per heavy atom. The van der Waals surface area contributed by atoms with Crippen LogP contribution in [0.3, 0.4) is 0 Å². The lowest BCUT2D eigenvalue weighted by molar-refractivity contribution is -0.120. The summed E-state index contributed by atoms with van der Waals surface area (Å²) in [5.74, 6) is -0.0590. The largest absolute Gasteiger partial charge is 0.356 e. The molecule has 1 aromatic carbocycles. The highest BCUT2D eigenvalue weighted by molar-refractivity contribution is 7.14. The van der Waals surface area contributed by atoms with Crippen molar-refractivity contribution in [2.24, 2.45) is 0 Å². The van der Waals surface area contributed by atoms with Gasteiger partial charge in [0.05, 0.1) is 12.1 Å². The minimum Gasteiger partial charge on any atom is -0.356 e. The van der Waals surface area contributed by atoms with Crippen molar-refractivity contribution in [3.05, 3.63) is 40.4 Å². The quantitative estimate of drug-likeness (QED) is 0.597. The molecule has 8 heteroatoms. The molecule has 0 spiro atoms. The van der Waals surface area contributed by atoms with Crippen molar-refractivity contribution >= 4 is 45.7 Å². The summed E-state index contributed by atoms with van der Waals surface area (Å²) in [4.78, 5) is 28.0. The van der Waals surface area contributed by atoms with Crippen LogP contribution in [-0.4, -0.2) is 23.5 Å². The fraction of sp³-hybridized carbons (Fsp3) is 0.353. The number of amides is 3. The number of carbonyl (C=O) groups excluding carboxylic acids is 2. The van der Waals surface area contributed by atoms with Gasteiger partial charge < -0.3 is 10.6 Å². The van der Waals surface area contributed by atoms with Crippen LogP contribution in [0.2, 0.25) is 5.02 Å². The van der Waals surface area contributed by atoms with Gasteiger partial charge in [-0.2, -0.15) is 0 Å². The lowest BCUT2D eigenvalue weighted by atomic mass is 10.2. The molecule has 2 aromatic rings. The lowest BCUT2D eigenvalue weighted by Crippen LogP contribution is -2.26. The molecule has 0 aliphatic rings. The Morgan fingerprint density at radius 1 is 1.24 bits per heavy atom. The SMILES string of the molecule is CCCCCNC(=O)Cc1csc(NC(=O)Nc2cccc(Cl)c2)n1. The van der Waals surface area contributed by atoms with Crippen LogP contribution in [0.1, 0.15) is 31.9 Å². The van der Waals surface area contributed by atoms with Crippen LogP contribution in [0.4, 0.5) is 15.6 Å². The third-order valence-electron chi connectivity index (χ3n) is 3.30. The predicted molar refractivity (Wildman–Crippen MR) is 102 cm³/mol. The fourth-order valence-corrected chi connectivity index (χ4v) is 3.00. The van der Waals surface area contributed by atoms with Gasteiger partial charge in [-0.05, 0) is 24.6 Å². The third-order valence-corrected chi connectivity index (χ3v) is 4.34. The molecule has 3 N–H and O–H groups in total. The number of rotatable bonds is 8. The van der Waals surface area contributed by atoms with Crippen LogP contribution in [0.5, 0.6) is 0 Å². The Hall–Kier alpha value is -2.12. The molecule has 2 rings (SSSR count). The monoisotopic (exact) mass is 380 g/mol. The fourth-order valence-electron chi connectivity index (χ4n) is 2.10. The molecule has 1 aromatic heterocycles. The minimum absolute atomic E-state index is 0.0590. The molecule has 3 amide bonds. The first-order chi connectivity index (χ1) is 12.1. The molecule has 134 valence electrons. The molecule has 0 unspecified atom stereocenters. The zero-order valence-electron chi connectivity index (χ0n) is 14.0. The average molecular weight is 381 g/mol. The van der Waals surface area contributed by atoms with Gasteiger partial charge in [0.15, 0.2) is 5.13 Å². The maximum Gasteiger partial charge on any atom is 0.325 e. The second kappa shape index (κ2) is 10.0. The number of hydrogen-bond donors (Lipinski definition) is 3. The van der Waals surface area contributed by atoms with E-state index in [9.17, 15) is 9.59 Å². The number of nitrogens with one attached hydrogen (secondary N) is 3. The Bertz CT molecular complexity index is 720. The standard InChI is InChI=1S/C17H21ClN4O2S/c1-2-3-4-8-19-15(23)10-14-11-25-17(21-14)22-16(24)20-13-7-5-6-12(18)9-13/h5-7,9,11H,2-4,8,10H2,1H3,(H,19,23)(H2,20,21,22,24). The number of carbonyl (C=O) groups is 2. The topological polar surface area (TPSA) is 83.1 Å². The summed E-state index contributed by atoms with van der Waals surface area (Å²) in [6.07, 6.45) is 3.41. The van der Waals surface area contributed by atoms with E-state index in [4.69, 9.17) is 11.6 Å². The first-order valence-corrected chi connectivity index (χ1v) is 9.37. The maximum atomic E-state index is 11.9. The van der Waals surface area contributed by atoms with Crippen LogP contribution in [0.15, 0.2) is 29.6 Å². The van der Waals surface area contributed by atoms with Gasteiger partial charge in [0.2, 0.25) is 5.91 Å². The van der Waals surface area contributed by atoms with Crippen molar-refractivity contribution in [2.75, 3.05) is 17.2 Å². The summed E-state index contributed by atoms with van der Waals surface area (Å²) in [5, 5.41) is 10.9. The molecule has 0 fully saturated rings. The Balaban J connectivity index is 1.78. The molecule has 0 radical (unpaired) electrons. The van der Waals surface area contributed by atoms with Crippen LogP contribution < -0.4 is 16.0 Å². The maximum absolute atomic E-state index is 11.9. The summed E-state index contributed by atoms with van der Waals surface area (Å²) in [6.45, 7) is 2.80. The average Bonchev–Trinajstić information content (AvgIpc) is 2.98. The Labute approximate surface area is 156 Å². The van der Waals surface area contributed by atoms with E-state index in [1.807, 2.05) is 0 Å². The van der Waals surface area contributed by atoms with Gasteiger partial charge in [0.25, 0.3) is 0 Å². The zero-order chi connectivity index (χ0) is 18.1. The zero-order valence-corrected chi connectivity index (χ0v) is 15.5. The van der Waals surface area contributed by atoms with Crippen molar-refractivity contribution in [3.8, 4) is 0 Å². The van der Waals surface area contributed by atoms with Crippen LogP contribution in [-0.2, 0) is 11.2 Å². The molecular formula is C17H21ClN4O2S. The predicted octanol–water partition coefficient (Wildman–Crippen LogP) is 4.29. The summed E-state index contributed by atoms with van der Waals surface area (Å²) in [6, 6.07) is 6.45. The molecule has 0 saturated carbocycles. The highest BCUT2D eigenvalue weighted by Gasteiger charge is 2.10. The number of nitrogens with zero attached hydrogens (tertiary/aromatic N) is 1. The number of aromatic nitrogens is 1. The van der Waals surface area contributed by atoms with E-state index in [0.717, 1.165) is 19.3 Å². The van der Waals surface area contributed by atoms with E-state index in [1.165, 1.54) is 11.3 Å². The molecule has 0 aliphatic heterocycles. The third kappa shape index (κ3) is 7.11. The Kier molecular flexibility index (Phi) is 7.69. The van der Waals surface area contributed by atoms with Crippen molar-refractivity contribution in [2.45, 2.75) is 32.6 Å². The molecule has 0 atom stereocenters. The normalized spacial score (nSPS) is 10.3. The van der Waals surface area contributed by atoms with Crippen molar-refractivity contribution in [1.29, 1.82) is 0 Å². The number of hydrogen-bond acceptors (Lipinski definition) is 4. The van der Waals surface area contributed by atoms with Gasteiger partial charge in [-0.1, -0.05) is 37.4 Å². The molecule has 6 nitrogen and oxygen atoms in total. The first-order valence-electron chi connectivity index (χ1n) is 8.11. The van der Waals surface area contributed by atoms with E-state index >= 15 is 0 Å². The number of urea groups is 1. The lowest BCUT2D eigenvalue weighted by Gasteiger charge is -2.05. The number of anilines is 2. The van der Waals surface area contributed by atoms with E-state index < -0.39 is 6.03 Å². The van der Waals surface area contributed by atoms with Gasteiger partial charge in [-0.15, -0.1) is 11.3 Å². The molecular weight excluding hydrogens is 360 g/mol. The number of benzene rings is 1. The number of unbranched alkanes of at least 4 members (excludes halogenated alkanes) is 2. The van der Waals surface area contributed by atoms with Crippen molar-refractivity contribution in [1.82, 2.24) is 10.3 Å². The first kappa shape index (κ1) is 19.2. The van der Waals surface area contributed by atoms with E-state index in [0.29, 0.717) is 28.1 Å². The van der Waals surface area contributed by atoms with E-state index in [1.54, 1.807) is 29.6 Å². The van der Waals surface area contributed by atoms with Crippen LogP contribution >= 0.6 is 22.9 Å². The highest BCUT2D eigenvalue weighted by atomic mass is 35.5. The van der Waals surface area contributed by atoms with Gasteiger partial charge in [-0.3, -0.25) is 10.1 Å². The number of thiazole rings is 1. The van der Waals surface area contributed by atoms with Crippen molar-refractivity contribution < 1.29 is 9.59 Å². The van der Waals surface area contributed by atoms with Crippen LogP contribution in [0.25, 0.3) is 0 Å². The minimum atomic E-state index is -0.410. The summed E-state index contributed by atoms with van der Waals surface area (Å²) < 4.78 is 0. The molecule has 0 aliphatic carbocycles.